The fraction of sp³-hybridized carbons (Fsp3) is 0.185. The molecule has 6 nitrogen and oxygen atoms in total. The molecule has 2 amide bonds. The number of anilines is 1. The van der Waals surface area contributed by atoms with E-state index in [0.717, 1.165) is 11.1 Å². The van der Waals surface area contributed by atoms with Crippen LogP contribution in [0, 0.1) is 0 Å². The van der Waals surface area contributed by atoms with E-state index in [-0.39, 0.29) is 18.7 Å². The van der Waals surface area contributed by atoms with E-state index in [1.807, 2.05) is 91.0 Å². The van der Waals surface area contributed by atoms with Crippen LogP contribution in [0.15, 0.2) is 102 Å². The maximum atomic E-state index is 13.8. The van der Waals surface area contributed by atoms with Crippen LogP contribution in [0.4, 0.5) is 10.5 Å². The first-order valence-electron chi connectivity index (χ1n) is 11.0. The topological polar surface area (TPSA) is 84.7 Å². The number of urea groups is 1. The SMILES string of the molecule is CCOC(=O)C1=C(N)C[C@@H](c2ccccc2)N(C(=O)Nc2ccccc2)[C@H]1c1ccccc1. The number of carbonyl (C=O) groups is 2. The van der Waals surface area contributed by atoms with E-state index in [2.05, 4.69) is 5.32 Å². The monoisotopic (exact) mass is 441 g/mol. The average molecular weight is 442 g/mol. The van der Waals surface area contributed by atoms with Crippen molar-refractivity contribution in [1.82, 2.24) is 4.90 Å². The van der Waals surface area contributed by atoms with Crippen molar-refractivity contribution in [3.05, 3.63) is 113 Å². The molecule has 1 heterocycles. The fourth-order valence-electron chi connectivity index (χ4n) is 4.25. The lowest BCUT2D eigenvalue weighted by Gasteiger charge is -2.43. The Kier molecular flexibility index (Phi) is 6.74. The van der Waals surface area contributed by atoms with Gasteiger partial charge in [-0.15, -0.1) is 0 Å². The van der Waals surface area contributed by atoms with E-state index in [1.165, 1.54) is 0 Å². The summed E-state index contributed by atoms with van der Waals surface area (Å²) in [6, 6.07) is 27.1. The Morgan fingerprint density at radius 1 is 0.909 bits per heavy atom. The third-order valence-electron chi connectivity index (χ3n) is 5.70. The molecule has 4 rings (SSSR count). The molecular formula is C27H27N3O3. The normalized spacial score (nSPS) is 18.0. The Bertz CT molecular complexity index is 1130. The molecule has 0 aromatic heterocycles. The molecule has 3 aromatic rings. The quantitative estimate of drug-likeness (QED) is 0.534. The molecule has 0 radical (unpaired) electrons. The summed E-state index contributed by atoms with van der Waals surface area (Å²) in [5.74, 6) is -0.507. The highest BCUT2D eigenvalue weighted by Crippen LogP contribution is 2.44. The zero-order chi connectivity index (χ0) is 23.2. The van der Waals surface area contributed by atoms with Gasteiger partial charge in [-0.25, -0.2) is 9.59 Å². The number of esters is 1. The zero-order valence-corrected chi connectivity index (χ0v) is 18.5. The number of ether oxygens (including phenoxy) is 1. The lowest BCUT2D eigenvalue weighted by molar-refractivity contribution is -0.139. The minimum atomic E-state index is -0.701. The standard InChI is InChI=1S/C27H27N3O3/c1-2-33-26(31)24-22(28)18-23(19-12-6-3-7-13-19)30(25(24)20-14-8-4-9-15-20)27(32)29-21-16-10-5-11-17-21/h3-17,23,25H,2,18,28H2,1H3,(H,29,32)/t23-,25-/m0/s1. The number of rotatable bonds is 5. The van der Waals surface area contributed by atoms with Gasteiger partial charge in [0.15, 0.2) is 0 Å². The second kappa shape index (κ2) is 10.0. The number of carbonyl (C=O) groups excluding carboxylic acids is 2. The molecule has 0 aliphatic carbocycles. The van der Waals surface area contributed by atoms with Crippen molar-refractivity contribution < 1.29 is 14.3 Å². The summed E-state index contributed by atoms with van der Waals surface area (Å²) >= 11 is 0. The van der Waals surface area contributed by atoms with Crippen molar-refractivity contribution in [1.29, 1.82) is 0 Å². The van der Waals surface area contributed by atoms with Crippen molar-refractivity contribution in [3.8, 4) is 0 Å². The van der Waals surface area contributed by atoms with Gasteiger partial charge in [-0.2, -0.15) is 0 Å². The van der Waals surface area contributed by atoms with Crippen LogP contribution in [0.2, 0.25) is 0 Å². The highest BCUT2D eigenvalue weighted by atomic mass is 16.5. The highest BCUT2D eigenvalue weighted by Gasteiger charge is 2.43. The van der Waals surface area contributed by atoms with Crippen LogP contribution in [-0.2, 0) is 9.53 Å². The van der Waals surface area contributed by atoms with Crippen molar-refractivity contribution >= 4 is 17.7 Å². The number of amides is 2. The summed E-state index contributed by atoms with van der Waals surface area (Å²) in [4.78, 5) is 28.5. The molecular weight excluding hydrogens is 414 g/mol. The van der Waals surface area contributed by atoms with Crippen LogP contribution < -0.4 is 11.1 Å². The summed E-state index contributed by atoms with van der Waals surface area (Å²) in [6.45, 7) is 1.97. The van der Waals surface area contributed by atoms with Gasteiger partial charge in [0.1, 0.15) is 0 Å². The molecule has 0 unspecified atom stereocenters. The molecule has 2 atom stereocenters. The van der Waals surface area contributed by atoms with Crippen LogP contribution in [0.1, 0.15) is 36.6 Å². The first-order valence-corrected chi connectivity index (χ1v) is 11.0. The van der Waals surface area contributed by atoms with Crippen LogP contribution in [0.5, 0.6) is 0 Å². The van der Waals surface area contributed by atoms with Gasteiger partial charge in [0, 0.05) is 17.8 Å². The van der Waals surface area contributed by atoms with Crippen molar-refractivity contribution in [2.75, 3.05) is 11.9 Å². The van der Waals surface area contributed by atoms with E-state index in [0.29, 0.717) is 23.4 Å². The lowest BCUT2D eigenvalue weighted by Crippen LogP contribution is -2.46. The predicted molar refractivity (Wildman–Crippen MR) is 128 cm³/mol. The third-order valence-corrected chi connectivity index (χ3v) is 5.70. The molecule has 0 bridgehead atoms. The molecule has 168 valence electrons. The van der Waals surface area contributed by atoms with Gasteiger partial charge in [0.25, 0.3) is 0 Å². The summed E-state index contributed by atoms with van der Waals surface area (Å²) in [7, 11) is 0. The summed E-state index contributed by atoms with van der Waals surface area (Å²) in [5, 5.41) is 2.99. The number of nitrogens with two attached hydrogens (primary N) is 1. The van der Waals surface area contributed by atoms with Crippen LogP contribution in [0.25, 0.3) is 0 Å². The van der Waals surface area contributed by atoms with E-state index in [1.54, 1.807) is 11.8 Å². The Morgan fingerprint density at radius 2 is 1.45 bits per heavy atom. The van der Waals surface area contributed by atoms with Crippen LogP contribution in [-0.4, -0.2) is 23.5 Å². The van der Waals surface area contributed by atoms with Crippen LogP contribution in [0.3, 0.4) is 0 Å². The van der Waals surface area contributed by atoms with E-state index in [4.69, 9.17) is 10.5 Å². The Labute approximate surface area is 193 Å². The second-order valence-electron chi connectivity index (χ2n) is 7.81. The summed E-state index contributed by atoms with van der Waals surface area (Å²) in [5.41, 5.74) is 9.63. The first-order chi connectivity index (χ1) is 16.1. The zero-order valence-electron chi connectivity index (χ0n) is 18.5. The number of hydrogen-bond acceptors (Lipinski definition) is 4. The van der Waals surface area contributed by atoms with E-state index < -0.39 is 12.0 Å². The van der Waals surface area contributed by atoms with Gasteiger partial charge >= 0.3 is 12.0 Å². The minimum absolute atomic E-state index is 0.218. The molecule has 0 spiro atoms. The number of hydrogen-bond donors (Lipinski definition) is 2. The fourth-order valence-corrected chi connectivity index (χ4v) is 4.25. The number of benzene rings is 3. The number of nitrogens with one attached hydrogen (secondary N) is 1. The molecule has 3 N–H and O–H groups in total. The Balaban J connectivity index is 1.86. The predicted octanol–water partition coefficient (Wildman–Crippen LogP) is 5.18. The molecule has 0 fully saturated rings. The van der Waals surface area contributed by atoms with Gasteiger partial charge in [0.05, 0.1) is 24.3 Å². The summed E-state index contributed by atoms with van der Waals surface area (Å²) < 4.78 is 5.36. The van der Waals surface area contributed by atoms with Gasteiger partial charge in [0.2, 0.25) is 0 Å². The average Bonchev–Trinajstić information content (AvgIpc) is 2.85. The molecule has 0 saturated carbocycles. The van der Waals surface area contributed by atoms with Crippen LogP contribution >= 0.6 is 0 Å². The van der Waals surface area contributed by atoms with E-state index in [9.17, 15) is 9.59 Å². The molecule has 3 aromatic carbocycles. The van der Waals surface area contributed by atoms with Crippen molar-refractivity contribution in [3.63, 3.8) is 0 Å². The number of para-hydroxylation sites is 1. The van der Waals surface area contributed by atoms with Gasteiger partial charge in [-0.05, 0) is 30.2 Å². The molecule has 6 heteroatoms. The van der Waals surface area contributed by atoms with Crippen molar-refractivity contribution in [2.45, 2.75) is 25.4 Å². The minimum Gasteiger partial charge on any atom is -0.463 e. The Hall–Kier alpha value is -4.06. The van der Waals surface area contributed by atoms with Crippen molar-refractivity contribution in [2.24, 2.45) is 5.73 Å². The number of nitrogens with zero attached hydrogens (tertiary/aromatic N) is 1. The second-order valence-corrected chi connectivity index (χ2v) is 7.81. The maximum Gasteiger partial charge on any atom is 0.338 e. The highest BCUT2D eigenvalue weighted by molar-refractivity contribution is 5.95. The lowest BCUT2D eigenvalue weighted by atomic mass is 9.85. The van der Waals surface area contributed by atoms with E-state index >= 15 is 0 Å². The molecule has 33 heavy (non-hydrogen) atoms. The molecule has 1 aliphatic heterocycles. The largest absolute Gasteiger partial charge is 0.463 e. The van der Waals surface area contributed by atoms with Gasteiger partial charge < -0.3 is 20.7 Å². The summed E-state index contributed by atoms with van der Waals surface area (Å²) in [6.07, 6.45) is 0.323. The smallest absolute Gasteiger partial charge is 0.338 e. The van der Waals surface area contributed by atoms with Gasteiger partial charge in [-0.3, -0.25) is 0 Å². The van der Waals surface area contributed by atoms with Gasteiger partial charge in [-0.1, -0.05) is 78.9 Å². The Morgan fingerprint density at radius 3 is 2.03 bits per heavy atom. The third kappa shape index (κ3) is 4.75. The molecule has 0 saturated heterocycles. The molecule has 1 aliphatic rings. The first kappa shape index (κ1) is 22.1. The maximum absolute atomic E-state index is 13.8.